The highest BCUT2D eigenvalue weighted by Gasteiger charge is 2.22. The third-order valence-electron chi connectivity index (χ3n) is 5.03. The van der Waals surface area contributed by atoms with E-state index in [1.807, 2.05) is 29.2 Å². The number of carbonyl (C=O) groups excluding carboxylic acids is 1. The molecule has 0 spiro atoms. The number of benzene rings is 1. The van der Waals surface area contributed by atoms with Crippen LogP contribution in [0.2, 0.25) is 5.02 Å². The highest BCUT2D eigenvalue weighted by molar-refractivity contribution is 6.30. The molecule has 2 fully saturated rings. The Morgan fingerprint density at radius 2 is 1.70 bits per heavy atom. The minimum absolute atomic E-state index is 0.103. The second-order valence-electron chi connectivity index (χ2n) is 6.64. The van der Waals surface area contributed by atoms with Gasteiger partial charge in [0.25, 0.3) is 0 Å². The number of urea groups is 1. The normalized spacial score (nSPS) is 19.7. The first-order valence-corrected chi connectivity index (χ1v) is 9.13. The number of anilines is 1. The van der Waals surface area contributed by atoms with Crippen LogP contribution in [0.15, 0.2) is 24.3 Å². The van der Waals surface area contributed by atoms with Crippen LogP contribution < -0.4 is 10.2 Å². The first kappa shape index (κ1) is 16.4. The monoisotopic (exact) mass is 335 g/mol. The number of piperazine rings is 1. The van der Waals surface area contributed by atoms with E-state index in [2.05, 4.69) is 10.2 Å². The van der Waals surface area contributed by atoms with Crippen molar-refractivity contribution in [3.8, 4) is 0 Å². The lowest BCUT2D eigenvalue weighted by Gasteiger charge is -2.36. The van der Waals surface area contributed by atoms with Crippen molar-refractivity contribution < 1.29 is 4.79 Å². The average molecular weight is 336 g/mol. The van der Waals surface area contributed by atoms with E-state index < -0.39 is 0 Å². The van der Waals surface area contributed by atoms with Crippen LogP contribution in [0.3, 0.4) is 0 Å². The lowest BCUT2D eigenvalue weighted by Crippen LogP contribution is -2.52. The molecule has 2 amide bonds. The van der Waals surface area contributed by atoms with E-state index in [0.29, 0.717) is 5.92 Å². The van der Waals surface area contributed by atoms with Crippen molar-refractivity contribution in [2.24, 2.45) is 5.92 Å². The van der Waals surface area contributed by atoms with Gasteiger partial charge in [-0.1, -0.05) is 30.9 Å². The molecule has 4 nitrogen and oxygen atoms in total. The van der Waals surface area contributed by atoms with Crippen molar-refractivity contribution in [2.45, 2.75) is 32.1 Å². The molecule has 1 saturated carbocycles. The quantitative estimate of drug-likeness (QED) is 0.913. The Hall–Kier alpha value is -1.42. The maximum atomic E-state index is 12.3. The first-order chi connectivity index (χ1) is 11.2. The molecular weight excluding hydrogens is 310 g/mol. The van der Waals surface area contributed by atoms with Crippen LogP contribution >= 0.6 is 11.6 Å². The Kier molecular flexibility index (Phi) is 5.65. The predicted octanol–water partition coefficient (Wildman–Crippen LogP) is 3.75. The van der Waals surface area contributed by atoms with Crippen molar-refractivity contribution in [1.29, 1.82) is 0 Å². The Morgan fingerprint density at radius 3 is 2.35 bits per heavy atom. The van der Waals surface area contributed by atoms with Crippen LogP contribution in [0, 0.1) is 5.92 Å². The van der Waals surface area contributed by atoms with Gasteiger partial charge in [-0.3, -0.25) is 0 Å². The third-order valence-corrected chi connectivity index (χ3v) is 5.28. The molecule has 1 aliphatic heterocycles. The van der Waals surface area contributed by atoms with Crippen LogP contribution in [0.4, 0.5) is 10.5 Å². The third kappa shape index (κ3) is 4.54. The van der Waals surface area contributed by atoms with Gasteiger partial charge in [0.2, 0.25) is 0 Å². The summed E-state index contributed by atoms with van der Waals surface area (Å²) < 4.78 is 0. The van der Waals surface area contributed by atoms with Gasteiger partial charge < -0.3 is 15.1 Å². The molecule has 126 valence electrons. The highest BCUT2D eigenvalue weighted by atomic mass is 35.5. The molecule has 1 aliphatic carbocycles. The van der Waals surface area contributed by atoms with Crippen LogP contribution in [0.1, 0.15) is 32.1 Å². The number of amides is 2. The number of hydrogen-bond acceptors (Lipinski definition) is 2. The molecule has 1 heterocycles. The average Bonchev–Trinajstić information content (AvgIpc) is 2.61. The number of carbonyl (C=O) groups is 1. The molecule has 0 bridgehead atoms. The summed E-state index contributed by atoms with van der Waals surface area (Å²) >= 11 is 5.93. The zero-order valence-corrected chi connectivity index (χ0v) is 14.4. The van der Waals surface area contributed by atoms with E-state index in [4.69, 9.17) is 11.6 Å². The van der Waals surface area contributed by atoms with Gasteiger partial charge >= 0.3 is 6.03 Å². The molecule has 23 heavy (non-hydrogen) atoms. The van der Waals surface area contributed by atoms with Gasteiger partial charge in [-0.2, -0.15) is 0 Å². The van der Waals surface area contributed by atoms with E-state index in [1.54, 1.807) is 0 Å². The molecule has 1 aromatic rings. The number of nitrogens with zero attached hydrogens (tertiary/aromatic N) is 2. The molecule has 5 heteroatoms. The number of hydrogen-bond donors (Lipinski definition) is 1. The summed E-state index contributed by atoms with van der Waals surface area (Å²) in [5.41, 5.74) is 1.18. The molecule has 0 unspecified atom stereocenters. The maximum absolute atomic E-state index is 12.3. The Labute approximate surface area is 143 Å². The van der Waals surface area contributed by atoms with Crippen LogP contribution in [-0.2, 0) is 0 Å². The number of rotatable bonds is 3. The standard InChI is InChI=1S/C18H26ClN3O/c19-16-6-8-17(9-7-16)21-10-12-22(13-11-21)18(23)20-14-15-4-2-1-3-5-15/h6-9,15H,1-5,10-14H2,(H,20,23). The van der Waals surface area contributed by atoms with Crippen molar-refractivity contribution in [3.05, 3.63) is 29.3 Å². The summed E-state index contributed by atoms with van der Waals surface area (Å²) in [5.74, 6) is 0.683. The van der Waals surface area contributed by atoms with Gasteiger partial charge in [0.15, 0.2) is 0 Å². The van der Waals surface area contributed by atoms with E-state index in [1.165, 1.54) is 37.8 Å². The van der Waals surface area contributed by atoms with Crippen molar-refractivity contribution in [1.82, 2.24) is 10.2 Å². The van der Waals surface area contributed by atoms with Crippen molar-refractivity contribution in [3.63, 3.8) is 0 Å². The van der Waals surface area contributed by atoms with E-state index >= 15 is 0 Å². The van der Waals surface area contributed by atoms with Crippen LogP contribution in [0.25, 0.3) is 0 Å². The Bertz CT molecular complexity index is 506. The summed E-state index contributed by atoms with van der Waals surface area (Å²) in [4.78, 5) is 16.6. The molecular formula is C18H26ClN3O. The molecule has 3 rings (SSSR count). The SMILES string of the molecule is O=C(NCC1CCCCC1)N1CCN(c2ccc(Cl)cc2)CC1. The van der Waals surface area contributed by atoms with E-state index in [9.17, 15) is 4.79 Å². The van der Waals surface area contributed by atoms with Gasteiger partial charge in [-0.15, -0.1) is 0 Å². The van der Waals surface area contributed by atoms with Gasteiger partial charge in [0.05, 0.1) is 0 Å². The molecule has 1 aromatic carbocycles. The summed E-state index contributed by atoms with van der Waals surface area (Å²) in [6.45, 7) is 4.14. The first-order valence-electron chi connectivity index (χ1n) is 8.75. The smallest absolute Gasteiger partial charge is 0.317 e. The molecule has 1 saturated heterocycles. The molecule has 0 atom stereocenters. The summed E-state index contributed by atoms with van der Waals surface area (Å²) in [6.07, 6.45) is 6.53. The van der Waals surface area contributed by atoms with Crippen LogP contribution in [0.5, 0.6) is 0 Å². The summed E-state index contributed by atoms with van der Waals surface area (Å²) in [5, 5.41) is 3.89. The fourth-order valence-corrected chi connectivity index (χ4v) is 3.68. The highest BCUT2D eigenvalue weighted by Crippen LogP contribution is 2.23. The minimum atomic E-state index is 0.103. The fourth-order valence-electron chi connectivity index (χ4n) is 3.55. The fraction of sp³-hybridized carbons (Fsp3) is 0.611. The lowest BCUT2D eigenvalue weighted by atomic mass is 9.89. The zero-order chi connectivity index (χ0) is 16.1. The Balaban J connectivity index is 1.42. The molecule has 0 aromatic heterocycles. The van der Waals surface area contributed by atoms with Crippen molar-refractivity contribution in [2.75, 3.05) is 37.6 Å². The van der Waals surface area contributed by atoms with Crippen molar-refractivity contribution >= 4 is 23.3 Å². The lowest BCUT2D eigenvalue weighted by molar-refractivity contribution is 0.190. The maximum Gasteiger partial charge on any atom is 0.317 e. The molecule has 0 radical (unpaired) electrons. The second-order valence-corrected chi connectivity index (χ2v) is 7.08. The summed E-state index contributed by atoms with van der Waals surface area (Å²) in [7, 11) is 0. The Morgan fingerprint density at radius 1 is 1.04 bits per heavy atom. The molecule has 1 N–H and O–H groups in total. The topological polar surface area (TPSA) is 35.6 Å². The van der Waals surface area contributed by atoms with Gasteiger partial charge in [0.1, 0.15) is 0 Å². The largest absolute Gasteiger partial charge is 0.368 e. The summed E-state index contributed by atoms with van der Waals surface area (Å²) in [6, 6.07) is 8.02. The van der Waals surface area contributed by atoms with E-state index in [-0.39, 0.29) is 6.03 Å². The van der Waals surface area contributed by atoms with Gasteiger partial charge in [-0.05, 0) is 43.0 Å². The number of nitrogens with one attached hydrogen (secondary N) is 1. The van der Waals surface area contributed by atoms with E-state index in [0.717, 1.165) is 37.7 Å². The second kappa shape index (κ2) is 7.91. The van der Waals surface area contributed by atoms with Gasteiger partial charge in [0, 0.05) is 43.4 Å². The number of halogens is 1. The predicted molar refractivity (Wildman–Crippen MR) is 95.2 cm³/mol. The van der Waals surface area contributed by atoms with Gasteiger partial charge in [-0.25, -0.2) is 4.79 Å². The minimum Gasteiger partial charge on any atom is -0.368 e. The van der Waals surface area contributed by atoms with Crippen LogP contribution in [-0.4, -0.2) is 43.7 Å². The zero-order valence-electron chi connectivity index (χ0n) is 13.6. The molecule has 2 aliphatic rings.